The van der Waals surface area contributed by atoms with Gasteiger partial charge in [-0.1, -0.05) is 0 Å². The first-order valence-electron chi connectivity index (χ1n) is 7.66. The third kappa shape index (κ3) is 3.06. The van der Waals surface area contributed by atoms with Crippen molar-refractivity contribution in [3.8, 4) is 0 Å². The zero-order chi connectivity index (χ0) is 15.5. The highest BCUT2D eigenvalue weighted by Gasteiger charge is 2.22. The van der Waals surface area contributed by atoms with Crippen LogP contribution in [-0.4, -0.2) is 49.8 Å². The van der Waals surface area contributed by atoms with Crippen LogP contribution in [-0.2, 0) is 9.53 Å². The van der Waals surface area contributed by atoms with Gasteiger partial charge in [0.05, 0.1) is 18.8 Å². The molecule has 0 spiro atoms. The van der Waals surface area contributed by atoms with E-state index in [1.807, 2.05) is 6.07 Å². The molecule has 1 N–H and O–H groups in total. The summed E-state index contributed by atoms with van der Waals surface area (Å²) >= 11 is 0. The number of carboxylic acids is 1. The molecular formula is C16H20N2O4. The van der Waals surface area contributed by atoms with Crippen molar-refractivity contribution in [2.24, 2.45) is 0 Å². The van der Waals surface area contributed by atoms with Gasteiger partial charge in [-0.2, -0.15) is 0 Å². The van der Waals surface area contributed by atoms with Crippen LogP contribution in [0.15, 0.2) is 18.2 Å². The normalized spacial score (nSPS) is 19.4. The molecular weight excluding hydrogens is 284 g/mol. The van der Waals surface area contributed by atoms with Crippen molar-refractivity contribution in [2.45, 2.75) is 19.3 Å². The molecule has 0 unspecified atom stereocenters. The SMILES string of the molecule is O=C(O)c1cc(N2CCOCC2)cc(N2CCCCC2=O)c1. The van der Waals surface area contributed by atoms with E-state index in [0.29, 0.717) is 31.9 Å². The molecule has 1 aromatic rings. The van der Waals surface area contributed by atoms with Gasteiger partial charge >= 0.3 is 5.97 Å². The third-order valence-electron chi connectivity index (χ3n) is 4.16. The maximum Gasteiger partial charge on any atom is 0.335 e. The summed E-state index contributed by atoms with van der Waals surface area (Å²) in [6.45, 7) is 3.39. The summed E-state index contributed by atoms with van der Waals surface area (Å²) in [4.78, 5) is 27.3. The van der Waals surface area contributed by atoms with Gasteiger partial charge in [0.1, 0.15) is 0 Å². The van der Waals surface area contributed by atoms with Gasteiger partial charge in [-0.15, -0.1) is 0 Å². The number of hydrogen-bond acceptors (Lipinski definition) is 4. The Balaban J connectivity index is 1.96. The first-order chi connectivity index (χ1) is 10.6. The quantitative estimate of drug-likeness (QED) is 0.921. The second kappa shape index (κ2) is 6.36. The highest BCUT2D eigenvalue weighted by atomic mass is 16.5. The number of carbonyl (C=O) groups excluding carboxylic acids is 1. The van der Waals surface area contributed by atoms with Crippen molar-refractivity contribution in [1.82, 2.24) is 0 Å². The van der Waals surface area contributed by atoms with Crippen LogP contribution < -0.4 is 9.80 Å². The number of ether oxygens (including phenoxy) is 1. The Kier molecular flexibility index (Phi) is 4.29. The molecule has 22 heavy (non-hydrogen) atoms. The van der Waals surface area contributed by atoms with E-state index in [4.69, 9.17) is 4.74 Å². The molecule has 0 atom stereocenters. The maximum absolute atomic E-state index is 12.1. The van der Waals surface area contributed by atoms with E-state index < -0.39 is 5.97 Å². The molecule has 1 aromatic carbocycles. The lowest BCUT2D eigenvalue weighted by Crippen LogP contribution is -2.37. The third-order valence-corrected chi connectivity index (χ3v) is 4.16. The average Bonchev–Trinajstić information content (AvgIpc) is 2.55. The predicted molar refractivity (Wildman–Crippen MR) is 82.6 cm³/mol. The molecule has 2 heterocycles. The fourth-order valence-corrected chi connectivity index (χ4v) is 2.96. The Morgan fingerprint density at radius 1 is 1.05 bits per heavy atom. The van der Waals surface area contributed by atoms with E-state index in [-0.39, 0.29) is 11.5 Å². The van der Waals surface area contributed by atoms with Gasteiger partial charge in [0.2, 0.25) is 5.91 Å². The van der Waals surface area contributed by atoms with Crippen molar-refractivity contribution in [3.05, 3.63) is 23.8 Å². The minimum Gasteiger partial charge on any atom is -0.478 e. The fraction of sp³-hybridized carbons (Fsp3) is 0.500. The van der Waals surface area contributed by atoms with Crippen LogP contribution in [0, 0.1) is 0 Å². The lowest BCUT2D eigenvalue weighted by Gasteiger charge is -2.31. The van der Waals surface area contributed by atoms with Gasteiger partial charge in [0, 0.05) is 37.4 Å². The molecule has 6 nitrogen and oxygen atoms in total. The number of hydrogen-bond donors (Lipinski definition) is 1. The standard InChI is InChI=1S/C16H20N2O4/c19-15-3-1-2-4-18(15)14-10-12(16(20)21)9-13(11-14)17-5-7-22-8-6-17/h9-11H,1-8H2,(H,20,21). The molecule has 2 aliphatic rings. The van der Waals surface area contributed by atoms with Crippen molar-refractivity contribution in [3.63, 3.8) is 0 Å². The largest absolute Gasteiger partial charge is 0.478 e. The zero-order valence-electron chi connectivity index (χ0n) is 12.5. The minimum absolute atomic E-state index is 0.0710. The second-order valence-corrected chi connectivity index (χ2v) is 5.65. The molecule has 0 radical (unpaired) electrons. The highest BCUT2D eigenvalue weighted by Crippen LogP contribution is 2.28. The minimum atomic E-state index is -0.971. The van der Waals surface area contributed by atoms with Gasteiger partial charge in [0.25, 0.3) is 0 Å². The van der Waals surface area contributed by atoms with E-state index in [2.05, 4.69) is 4.90 Å². The summed E-state index contributed by atoms with van der Waals surface area (Å²) in [6.07, 6.45) is 2.39. The van der Waals surface area contributed by atoms with Gasteiger partial charge in [-0.3, -0.25) is 4.79 Å². The maximum atomic E-state index is 12.1. The first kappa shape index (κ1) is 14.8. The lowest BCUT2D eigenvalue weighted by atomic mass is 10.1. The molecule has 0 bridgehead atoms. The molecule has 1 amide bonds. The number of morpholine rings is 1. The second-order valence-electron chi connectivity index (χ2n) is 5.65. The van der Waals surface area contributed by atoms with Gasteiger partial charge in [-0.05, 0) is 31.0 Å². The van der Waals surface area contributed by atoms with E-state index in [1.54, 1.807) is 17.0 Å². The smallest absolute Gasteiger partial charge is 0.335 e. The fourth-order valence-electron chi connectivity index (χ4n) is 2.96. The van der Waals surface area contributed by atoms with E-state index >= 15 is 0 Å². The lowest BCUT2D eigenvalue weighted by molar-refractivity contribution is -0.119. The van der Waals surface area contributed by atoms with Crippen molar-refractivity contribution < 1.29 is 19.4 Å². The van der Waals surface area contributed by atoms with Crippen LogP contribution in [0.3, 0.4) is 0 Å². The Labute approximate surface area is 129 Å². The van der Waals surface area contributed by atoms with Crippen molar-refractivity contribution in [1.29, 1.82) is 0 Å². The number of benzene rings is 1. The van der Waals surface area contributed by atoms with Crippen LogP contribution in [0.5, 0.6) is 0 Å². The van der Waals surface area contributed by atoms with Crippen LogP contribution in [0.4, 0.5) is 11.4 Å². The van der Waals surface area contributed by atoms with Crippen LogP contribution in [0.2, 0.25) is 0 Å². The number of piperidine rings is 1. The molecule has 2 aliphatic heterocycles. The molecule has 118 valence electrons. The summed E-state index contributed by atoms with van der Waals surface area (Å²) in [7, 11) is 0. The van der Waals surface area contributed by atoms with Crippen molar-refractivity contribution in [2.75, 3.05) is 42.6 Å². The molecule has 2 fully saturated rings. The Morgan fingerprint density at radius 2 is 1.77 bits per heavy atom. The number of anilines is 2. The number of nitrogens with zero attached hydrogens (tertiary/aromatic N) is 2. The summed E-state index contributed by atoms with van der Waals surface area (Å²) in [5.41, 5.74) is 1.75. The summed E-state index contributed by atoms with van der Waals surface area (Å²) in [6, 6.07) is 5.18. The molecule has 6 heteroatoms. The molecule has 0 saturated carbocycles. The molecule has 0 aliphatic carbocycles. The number of rotatable bonds is 3. The Morgan fingerprint density at radius 3 is 2.45 bits per heavy atom. The zero-order valence-corrected chi connectivity index (χ0v) is 12.5. The summed E-state index contributed by atoms with van der Waals surface area (Å²) in [5.74, 6) is -0.900. The summed E-state index contributed by atoms with van der Waals surface area (Å²) < 4.78 is 5.34. The average molecular weight is 304 g/mol. The first-order valence-corrected chi connectivity index (χ1v) is 7.66. The number of carbonyl (C=O) groups is 2. The number of amides is 1. The number of aromatic carboxylic acids is 1. The molecule has 3 rings (SSSR count). The Hall–Kier alpha value is -2.08. The van der Waals surface area contributed by atoms with Crippen LogP contribution in [0.25, 0.3) is 0 Å². The van der Waals surface area contributed by atoms with Gasteiger partial charge in [-0.25, -0.2) is 4.79 Å². The topological polar surface area (TPSA) is 70.1 Å². The monoisotopic (exact) mass is 304 g/mol. The summed E-state index contributed by atoms with van der Waals surface area (Å²) in [5, 5.41) is 9.35. The van der Waals surface area contributed by atoms with Crippen molar-refractivity contribution >= 4 is 23.3 Å². The Bertz CT molecular complexity index is 582. The molecule has 2 saturated heterocycles. The predicted octanol–water partition coefficient (Wildman–Crippen LogP) is 1.74. The van der Waals surface area contributed by atoms with Crippen LogP contribution >= 0.6 is 0 Å². The molecule has 0 aromatic heterocycles. The highest BCUT2D eigenvalue weighted by molar-refractivity contribution is 5.97. The van der Waals surface area contributed by atoms with Gasteiger partial charge in [0.15, 0.2) is 0 Å². The number of carboxylic acid groups (broad SMARTS) is 1. The van der Waals surface area contributed by atoms with E-state index in [9.17, 15) is 14.7 Å². The van der Waals surface area contributed by atoms with Crippen LogP contribution in [0.1, 0.15) is 29.6 Å². The van der Waals surface area contributed by atoms with E-state index in [0.717, 1.165) is 31.6 Å². The van der Waals surface area contributed by atoms with E-state index in [1.165, 1.54) is 0 Å². The van der Waals surface area contributed by atoms with Gasteiger partial charge < -0.3 is 19.6 Å².